The standard InChI is InChI=1S/C17H15Br2ClN2O3/c1-2-24-17-11(7-12(18)8-15(17)19)9-21-22-16(23)10-25-14-5-3-13(20)4-6-14/h3-9H,2,10H2,1H3,(H,22,23)/b21-9-. The van der Waals surface area contributed by atoms with Gasteiger partial charge in [0.2, 0.25) is 0 Å². The van der Waals surface area contributed by atoms with E-state index >= 15 is 0 Å². The number of carbonyl (C=O) groups is 1. The van der Waals surface area contributed by atoms with Gasteiger partial charge in [0.05, 0.1) is 17.3 Å². The van der Waals surface area contributed by atoms with Crippen molar-refractivity contribution in [2.45, 2.75) is 6.92 Å². The van der Waals surface area contributed by atoms with Crippen LogP contribution in [0.2, 0.25) is 5.02 Å². The number of amides is 1. The first-order valence-electron chi connectivity index (χ1n) is 7.31. The van der Waals surface area contributed by atoms with E-state index in [-0.39, 0.29) is 12.5 Å². The number of nitrogens with one attached hydrogen (secondary N) is 1. The summed E-state index contributed by atoms with van der Waals surface area (Å²) in [5, 5.41) is 4.55. The largest absolute Gasteiger partial charge is 0.492 e. The van der Waals surface area contributed by atoms with Gasteiger partial charge < -0.3 is 9.47 Å². The van der Waals surface area contributed by atoms with Crippen LogP contribution in [0.25, 0.3) is 0 Å². The Hall–Kier alpha value is -1.57. The van der Waals surface area contributed by atoms with Crippen LogP contribution in [0.3, 0.4) is 0 Å². The Morgan fingerprint density at radius 2 is 1.96 bits per heavy atom. The van der Waals surface area contributed by atoms with E-state index in [9.17, 15) is 4.79 Å². The average Bonchev–Trinajstić information content (AvgIpc) is 2.57. The first-order chi connectivity index (χ1) is 12.0. The number of ether oxygens (including phenoxy) is 2. The summed E-state index contributed by atoms with van der Waals surface area (Å²) < 4.78 is 12.6. The third-order valence-corrected chi connectivity index (χ3v) is 4.20. The zero-order valence-electron chi connectivity index (χ0n) is 13.3. The lowest BCUT2D eigenvalue weighted by atomic mass is 10.2. The fraction of sp³-hybridized carbons (Fsp3) is 0.176. The van der Waals surface area contributed by atoms with E-state index in [0.717, 1.165) is 14.5 Å². The van der Waals surface area contributed by atoms with Crippen molar-refractivity contribution in [3.8, 4) is 11.5 Å². The summed E-state index contributed by atoms with van der Waals surface area (Å²) in [7, 11) is 0. The molecule has 2 aromatic carbocycles. The highest BCUT2D eigenvalue weighted by Gasteiger charge is 2.08. The molecule has 0 bridgehead atoms. The van der Waals surface area contributed by atoms with Gasteiger partial charge in [-0.3, -0.25) is 4.79 Å². The van der Waals surface area contributed by atoms with Crippen molar-refractivity contribution in [1.82, 2.24) is 5.43 Å². The average molecular weight is 491 g/mol. The molecule has 1 amide bonds. The number of hydrazone groups is 1. The number of nitrogens with zero attached hydrogens (tertiary/aromatic N) is 1. The zero-order valence-corrected chi connectivity index (χ0v) is 17.2. The van der Waals surface area contributed by atoms with Gasteiger partial charge in [0.25, 0.3) is 5.91 Å². The molecule has 0 aromatic heterocycles. The molecule has 5 nitrogen and oxygen atoms in total. The molecule has 0 unspecified atom stereocenters. The Bertz CT molecular complexity index is 767. The molecule has 1 N–H and O–H groups in total. The number of halogens is 3. The maximum Gasteiger partial charge on any atom is 0.277 e. The maximum atomic E-state index is 11.8. The lowest BCUT2D eigenvalue weighted by Crippen LogP contribution is -2.24. The Kier molecular flexibility index (Phi) is 7.74. The highest BCUT2D eigenvalue weighted by atomic mass is 79.9. The molecule has 8 heteroatoms. The second-order valence-electron chi connectivity index (χ2n) is 4.77. The lowest BCUT2D eigenvalue weighted by molar-refractivity contribution is -0.123. The van der Waals surface area contributed by atoms with E-state index in [1.807, 2.05) is 19.1 Å². The monoisotopic (exact) mass is 488 g/mol. The Morgan fingerprint density at radius 3 is 2.64 bits per heavy atom. The van der Waals surface area contributed by atoms with Crippen LogP contribution >= 0.6 is 43.5 Å². The van der Waals surface area contributed by atoms with Crippen molar-refractivity contribution in [2.75, 3.05) is 13.2 Å². The van der Waals surface area contributed by atoms with Gasteiger partial charge in [0.1, 0.15) is 11.5 Å². The van der Waals surface area contributed by atoms with Crippen molar-refractivity contribution in [3.05, 3.63) is 55.9 Å². The van der Waals surface area contributed by atoms with Crippen molar-refractivity contribution in [2.24, 2.45) is 5.10 Å². The van der Waals surface area contributed by atoms with Crippen LogP contribution < -0.4 is 14.9 Å². The number of hydrogen-bond donors (Lipinski definition) is 1. The van der Waals surface area contributed by atoms with Gasteiger partial charge >= 0.3 is 0 Å². The van der Waals surface area contributed by atoms with Gasteiger partial charge in [0, 0.05) is 15.1 Å². The van der Waals surface area contributed by atoms with Crippen LogP contribution in [0.15, 0.2) is 50.4 Å². The van der Waals surface area contributed by atoms with E-state index in [0.29, 0.717) is 23.1 Å². The maximum absolute atomic E-state index is 11.8. The molecule has 2 aromatic rings. The van der Waals surface area contributed by atoms with Crippen molar-refractivity contribution < 1.29 is 14.3 Å². The van der Waals surface area contributed by atoms with Crippen LogP contribution in [0.1, 0.15) is 12.5 Å². The molecule has 0 fully saturated rings. The Labute approximate surface area is 167 Å². The summed E-state index contributed by atoms with van der Waals surface area (Å²) in [6, 6.07) is 10.5. The third-order valence-electron chi connectivity index (χ3n) is 2.90. The van der Waals surface area contributed by atoms with Gasteiger partial charge in [-0.05, 0) is 59.3 Å². The molecular formula is C17H15Br2ClN2O3. The zero-order chi connectivity index (χ0) is 18.2. The topological polar surface area (TPSA) is 59.9 Å². The van der Waals surface area contributed by atoms with E-state index in [4.69, 9.17) is 21.1 Å². The molecule has 0 heterocycles. The minimum atomic E-state index is -0.377. The van der Waals surface area contributed by atoms with Crippen LogP contribution in [0, 0.1) is 0 Å². The summed E-state index contributed by atoms with van der Waals surface area (Å²) in [4.78, 5) is 11.8. The summed E-state index contributed by atoms with van der Waals surface area (Å²) in [5.41, 5.74) is 3.14. The second-order valence-corrected chi connectivity index (χ2v) is 6.98. The quantitative estimate of drug-likeness (QED) is 0.448. The van der Waals surface area contributed by atoms with E-state index < -0.39 is 0 Å². The number of carbonyl (C=O) groups excluding carboxylic acids is 1. The van der Waals surface area contributed by atoms with Gasteiger partial charge in [-0.15, -0.1) is 0 Å². The molecule has 0 spiro atoms. The SMILES string of the molecule is CCOc1c(Br)cc(Br)cc1/C=N\NC(=O)COc1ccc(Cl)cc1. The summed E-state index contributed by atoms with van der Waals surface area (Å²) in [6.07, 6.45) is 1.51. The van der Waals surface area contributed by atoms with Gasteiger partial charge in [-0.1, -0.05) is 27.5 Å². The lowest BCUT2D eigenvalue weighted by Gasteiger charge is -2.10. The third kappa shape index (κ3) is 6.34. The Morgan fingerprint density at radius 1 is 1.24 bits per heavy atom. The van der Waals surface area contributed by atoms with Crippen LogP contribution in [0.5, 0.6) is 11.5 Å². The summed E-state index contributed by atoms with van der Waals surface area (Å²) in [6.45, 7) is 2.26. The predicted molar refractivity (Wildman–Crippen MR) is 106 cm³/mol. The highest BCUT2D eigenvalue weighted by molar-refractivity contribution is 9.11. The first kappa shape index (κ1) is 19.8. The first-order valence-corrected chi connectivity index (χ1v) is 9.28. The summed E-state index contributed by atoms with van der Waals surface area (Å²) >= 11 is 12.6. The summed E-state index contributed by atoms with van der Waals surface area (Å²) in [5.74, 6) is 0.831. The Balaban J connectivity index is 1.93. The minimum absolute atomic E-state index is 0.153. The van der Waals surface area contributed by atoms with Crippen molar-refractivity contribution in [1.29, 1.82) is 0 Å². The number of hydrogen-bond acceptors (Lipinski definition) is 4. The predicted octanol–water partition coefficient (Wildman–Crippen LogP) is 4.79. The highest BCUT2D eigenvalue weighted by Crippen LogP contribution is 2.32. The van der Waals surface area contributed by atoms with E-state index in [1.165, 1.54) is 6.21 Å². The fourth-order valence-electron chi connectivity index (χ4n) is 1.86. The van der Waals surface area contributed by atoms with Crippen molar-refractivity contribution >= 4 is 55.6 Å². The molecule has 25 heavy (non-hydrogen) atoms. The van der Waals surface area contributed by atoms with Crippen LogP contribution in [-0.4, -0.2) is 25.3 Å². The molecule has 0 radical (unpaired) electrons. The van der Waals surface area contributed by atoms with E-state index in [2.05, 4.69) is 42.4 Å². The molecule has 0 aliphatic carbocycles. The molecular weight excluding hydrogens is 475 g/mol. The molecule has 0 saturated heterocycles. The van der Waals surface area contributed by atoms with E-state index in [1.54, 1.807) is 24.3 Å². The second kappa shape index (κ2) is 9.79. The normalized spacial score (nSPS) is 10.7. The fourth-order valence-corrected chi connectivity index (χ4v) is 3.36. The van der Waals surface area contributed by atoms with Gasteiger partial charge in [-0.2, -0.15) is 5.10 Å². The molecule has 0 aliphatic rings. The van der Waals surface area contributed by atoms with Gasteiger partial charge in [0.15, 0.2) is 6.61 Å². The molecule has 0 aliphatic heterocycles. The van der Waals surface area contributed by atoms with Crippen molar-refractivity contribution in [3.63, 3.8) is 0 Å². The minimum Gasteiger partial charge on any atom is -0.492 e. The van der Waals surface area contributed by atoms with Gasteiger partial charge in [-0.25, -0.2) is 5.43 Å². The molecule has 132 valence electrons. The van der Waals surface area contributed by atoms with Crippen LogP contribution in [-0.2, 0) is 4.79 Å². The number of benzene rings is 2. The number of rotatable bonds is 7. The molecule has 2 rings (SSSR count). The molecule has 0 atom stereocenters. The van der Waals surface area contributed by atoms with Crippen LogP contribution in [0.4, 0.5) is 0 Å². The molecule has 0 saturated carbocycles. The smallest absolute Gasteiger partial charge is 0.277 e.